The molecule has 9 nitrogen and oxygen atoms in total. The van der Waals surface area contributed by atoms with E-state index in [0.29, 0.717) is 13.2 Å². The Morgan fingerprint density at radius 3 is 2.22 bits per heavy atom. The lowest BCUT2D eigenvalue weighted by atomic mass is 10.1. The number of aromatic nitrogens is 3. The van der Waals surface area contributed by atoms with Crippen molar-refractivity contribution in [3.05, 3.63) is 60.0 Å². The van der Waals surface area contributed by atoms with Gasteiger partial charge < -0.3 is 28.1 Å². The fourth-order valence-corrected chi connectivity index (χ4v) is 17.7. The number of fused-ring (bicyclic) bond motifs is 2. The van der Waals surface area contributed by atoms with Crippen LogP contribution < -0.4 is 5.32 Å². The lowest BCUT2D eigenvalue weighted by molar-refractivity contribution is -0.0399. The fourth-order valence-electron chi connectivity index (χ4n) is 6.49. The smallest absolute Gasteiger partial charge is 0.335 e. The summed E-state index contributed by atoms with van der Waals surface area (Å²) in [5.74, 6) is 0.720. The molecule has 0 spiro atoms. The highest BCUT2D eigenvalue weighted by atomic mass is 28.5. The maximum Gasteiger partial charge on any atom is 0.335 e. The first kappa shape index (κ1) is 30.3. The van der Waals surface area contributed by atoms with Crippen molar-refractivity contribution in [3.8, 4) is 0 Å². The second-order valence-electron chi connectivity index (χ2n) is 12.6. The highest BCUT2D eigenvalue weighted by molar-refractivity contribution is 6.84. The van der Waals surface area contributed by atoms with Gasteiger partial charge in [0.15, 0.2) is 5.82 Å². The quantitative estimate of drug-likeness (QED) is 0.300. The standard InChI is InChI=1S/C30H46N4O5Si2/c1-19(2)40(20(3)4)36-17-26-29(38-41(39-40,21(5)6)22(7)8)27(35)28(37-26)24-14-15-25-30(32-18-33-34(24)25)31-16-23-12-10-9-11-13-23/h9-15,18-22,26-29,35H,16-17H2,1-8H3,(H,31,32,33)/t26-,27+,28+,29-/m1/s1. The van der Waals surface area contributed by atoms with Crippen molar-refractivity contribution in [3.63, 3.8) is 0 Å². The molecule has 3 aromatic rings. The summed E-state index contributed by atoms with van der Waals surface area (Å²) in [4.78, 5) is 4.49. The number of anilines is 1. The third-order valence-corrected chi connectivity index (χ3v) is 19.0. The number of rotatable bonds is 8. The van der Waals surface area contributed by atoms with E-state index in [-0.39, 0.29) is 22.2 Å². The molecule has 4 heterocycles. The van der Waals surface area contributed by atoms with E-state index >= 15 is 0 Å². The molecule has 2 aromatic heterocycles. The number of benzene rings is 1. The molecular weight excluding hydrogens is 553 g/mol. The maximum absolute atomic E-state index is 11.8. The first-order valence-electron chi connectivity index (χ1n) is 15.0. The van der Waals surface area contributed by atoms with Crippen LogP contribution in [0.1, 0.15) is 72.8 Å². The Balaban J connectivity index is 1.47. The van der Waals surface area contributed by atoms with Crippen LogP contribution >= 0.6 is 0 Å². The van der Waals surface area contributed by atoms with Crippen LogP contribution in [-0.2, 0) is 24.2 Å². The van der Waals surface area contributed by atoms with Gasteiger partial charge in [0.05, 0.1) is 12.3 Å². The number of ether oxygens (including phenoxy) is 1. The molecule has 41 heavy (non-hydrogen) atoms. The molecule has 0 radical (unpaired) electrons. The zero-order valence-electron chi connectivity index (χ0n) is 25.6. The predicted octanol–water partition coefficient (Wildman–Crippen LogP) is 6.10. The van der Waals surface area contributed by atoms with Crippen LogP contribution in [0.15, 0.2) is 48.8 Å². The van der Waals surface area contributed by atoms with Gasteiger partial charge in [0.1, 0.15) is 36.3 Å². The van der Waals surface area contributed by atoms with Gasteiger partial charge in [-0.05, 0) is 39.9 Å². The van der Waals surface area contributed by atoms with Gasteiger partial charge in [-0.25, -0.2) is 9.50 Å². The number of nitrogens with zero attached hydrogens (tertiary/aromatic N) is 3. The van der Waals surface area contributed by atoms with Crippen molar-refractivity contribution in [1.82, 2.24) is 14.6 Å². The van der Waals surface area contributed by atoms with E-state index in [1.54, 1.807) is 0 Å². The molecule has 11 heteroatoms. The van der Waals surface area contributed by atoms with Gasteiger partial charge in [-0.15, -0.1) is 0 Å². The Morgan fingerprint density at radius 1 is 0.927 bits per heavy atom. The van der Waals surface area contributed by atoms with Gasteiger partial charge in [-0.3, -0.25) is 0 Å². The number of aliphatic hydroxyl groups excluding tert-OH is 1. The van der Waals surface area contributed by atoms with E-state index in [2.05, 4.69) is 82.9 Å². The van der Waals surface area contributed by atoms with Crippen molar-refractivity contribution < 1.29 is 22.8 Å². The predicted molar refractivity (Wildman–Crippen MR) is 164 cm³/mol. The molecule has 0 amide bonds. The summed E-state index contributed by atoms with van der Waals surface area (Å²) in [6.07, 6.45) is -0.993. The lowest BCUT2D eigenvalue weighted by Gasteiger charge is -2.51. The molecule has 0 bridgehead atoms. The molecule has 2 fully saturated rings. The normalized spacial score (nSPS) is 26.1. The van der Waals surface area contributed by atoms with E-state index in [1.165, 1.54) is 6.33 Å². The summed E-state index contributed by atoms with van der Waals surface area (Å²) in [7, 11) is -5.57. The van der Waals surface area contributed by atoms with Gasteiger partial charge in [0.25, 0.3) is 0 Å². The second-order valence-corrected chi connectivity index (χ2v) is 21.5. The second kappa shape index (κ2) is 11.9. The topological polar surface area (TPSA) is 99.4 Å². The summed E-state index contributed by atoms with van der Waals surface area (Å²) < 4.78 is 29.6. The van der Waals surface area contributed by atoms with Crippen LogP contribution in [0.2, 0.25) is 22.2 Å². The van der Waals surface area contributed by atoms with Crippen LogP contribution in [0.3, 0.4) is 0 Å². The Labute approximate surface area is 246 Å². The molecule has 2 aliphatic rings. The van der Waals surface area contributed by atoms with Gasteiger partial charge in [-0.2, -0.15) is 5.10 Å². The molecule has 5 rings (SSSR count). The summed E-state index contributed by atoms with van der Waals surface area (Å²) in [6, 6.07) is 14.1. The first-order valence-corrected chi connectivity index (χ1v) is 18.9. The van der Waals surface area contributed by atoms with Gasteiger partial charge in [-0.1, -0.05) is 85.7 Å². The van der Waals surface area contributed by atoms with Gasteiger partial charge >= 0.3 is 17.1 Å². The molecule has 2 N–H and O–H groups in total. The van der Waals surface area contributed by atoms with Crippen LogP contribution in [0.4, 0.5) is 5.82 Å². The van der Waals surface area contributed by atoms with Crippen molar-refractivity contribution >= 4 is 28.5 Å². The summed E-state index contributed by atoms with van der Waals surface area (Å²) in [5, 5.41) is 19.8. The fraction of sp³-hybridized carbons (Fsp3) is 0.600. The largest absolute Gasteiger partial charge is 0.414 e. The molecule has 0 unspecified atom stereocenters. The van der Waals surface area contributed by atoms with Crippen LogP contribution in [0.5, 0.6) is 0 Å². The van der Waals surface area contributed by atoms with E-state index < -0.39 is 41.5 Å². The number of nitrogens with one attached hydrogen (secondary N) is 1. The monoisotopic (exact) mass is 598 g/mol. The average Bonchev–Trinajstić information content (AvgIpc) is 3.48. The lowest BCUT2D eigenvalue weighted by Crippen LogP contribution is -2.65. The molecule has 4 atom stereocenters. The minimum atomic E-state index is -2.87. The first-order chi connectivity index (χ1) is 19.5. The van der Waals surface area contributed by atoms with Gasteiger partial charge in [0.2, 0.25) is 0 Å². The van der Waals surface area contributed by atoms with Crippen LogP contribution in [0.25, 0.3) is 5.52 Å². The van der Waals surface area contributed by atoms with Crippen LogP contribution in [0, 0.1) is 0 Å². The third kappa shape index (κ3) is 5.42. The summed E-state index contributed by atoms with van der Waals surface area (Å²) in [6.45, 7) is 18.5. The number of aliphatic hydroxyl groups is 1. The Kier molecular flexibility index (Phi) is 8.78. The highest BCUT2D eigenvalue weighted by Crippen LogP contribution is 2.49. The molecule has 0 aliphatic carbocycles. The maximum atomic E-state index is 11.8. The molecule has 0 saturated carbocycles. The van der Waals surface area contributed by atoms with Crippen molar-refractivity contribution in [1.29, 1.82) is 0 Å². The third-order valence-electron chi connectivity index (χ3n) is 8.74. The SMILES string of the molecule is CC(C)[Si]1(C(C)C)OC[C@H]2O[C@@H](c3ccc4c(NCc5ccccc5)ncnn34)[C@H](O)[C@@H]2O[Si](C(C)C)(C(C)C)O1. The molecule has 1 aromatic carbocycles. The Morgan fingerprint density at radius 2 is 1.59 bits per heavy atom. The van der Waals surface area contributed by atoms with E-state index in [4.69, 9.17) is 17.7 Å². The molecular formula is C30H46N4O5Si2. The Hall–Kier alpha value is -2.13. The Bertz CT molecular complexity index is 1300. The molecule has 2 aliphatic heterocycles. The van der Waals surface area contributed by atoms with E-state index in [0.717, 1.165) is 22.6 Å². The highest BCUT2D eigenvalue weighted by Gasteiger charge is 2.61. The van der Waals surface area contributed by atoms with Gasteiger partial charge in [0, 0.05) is 6.54 Å². The summed E-state index contributed by atoms with van der Waals surface area (Å²) in [5.41, 5.74) is 3.54. The van der Waals surface area contributed by atoms with E-state index in [9.17, 15) is 5.11 Å². The van der Waals surface area contributed by atoms with Crippen LogP contribution in [-0.4, -0.2) is 61.7 Å². The minimum absolute atomic E-state index is 0.167. The molecule has 224 valence electrons. The van der Waals surface area contributed by atoms with Crippen molar-refractivity contribution in [2.24, 2.45) is 0 Å². The number of hydrogen-bond donors (Lipinski definition) is 2. The van der Waals surface area contributed by atoms with Crippen molar-refractivity contribution in [2.75, 3.05) is 11.9 Å². The summed E-state index contributed by atoms with van der Waals surface area (Å²) >= 11 is 0. The van der Waals surface area contributed by atoms with E-state index in [1.807, 2.05) is 34.8 Å². The molecule has 2 saturated heterocycles. The zero-order valence-corrected chi connectivity index (χ0v) is 27.6. The number of hydrogen-bond acceptors (Lipinski definition) is 8. The zero-order chi connectivity index (χ0) is 29.5. The van der Waals surface area contributed by atoms with Crippen molar-refractivity contribution in [2.45, 2.75) is 109 Å². The average molecular weight is 599 g/mol. The minimum Gasteiger partial charge on any atom is -0.414 e.